The largest absolute Gasteiger partial charge is 0.355 e. The van der Waals surface area contributed by atoms with Crippen LogP contribution in [0.2, 0.25) is 0 Å². The number of amides is 1. The lowest BCUT2D eigenvalue weighted by Gasteiger charge is -2.13. The van der Waals surface area contributed by atoms with Gasteiger partial charge in [0.1, 0.15) is 0 Å². The summed E-state index contributed by atoms with van der Waals surface area (Å²) in [5, 5.41) is 11.5. The van der Waals surface area contributed by atoms with Gasteiger partial charge in [0, 0.05) is 18.7 Å². The predicted molar refractivity (Wildman–Crippen MR) is 60.0 cm³/mol. The van der Waals surface area contributed by atoms with E-state index >= 15 is 0 Å². The molecule has 1 amide bonds. The van der Waals surface area contributed by atoms with Crippen LogP contribution in [-0.4, -0.2) is 24.5 Å². The van der Waals surface area contributed by atoms with E-state index in [2.05, 4.69) is 11.4 Å². The Morgan fingerprint density at radius 2 is 2.21 bits per heavy atom. The molecule has 0 spiro atoms. The fourth-order valence-corrected chi connectivity index (χ4v) is 1.17. The summed E-state index contributed by atoms with van der Waals surface area (Å²) in [7, 11) is 0. The van der Waals surface area contributed by atoms with Crippen LogP contribution in [0.3, 0.4) is 0 Å². The van der Waals surface area contributed by atoms with Gasteiger partial charge in [-0.25, -0.2) is 0 Å². The average Bonchev–Trinajstić information content (AvgIpc) is 2.16. The third-order valence-electron chi connectivity index (χ3n) is 1.91. The van der Waals surface area contributed by atoms with E-state index in [0.717, 1.165) is 5.75 Å². The van der Waals surface area contributed by atoms with Crippen molar-refractivity contribution in [2.24, 2.45) is 5.41 Å². The SMILES string of the molecule is CSCCNC(=O)CCC(C)(C)C#N. The molecule has 1 N–H and O–H groups in total. The van der Waals surface area contributed by atoms with Crippen molar-refractivity contribution in [1.82, 2.24) is 5.32 Å². The van der Waals surface area contributed by atoms with E-state index in [1.807, 2.05) is 20.1 Å². The third kappa shape index (κ3) is 6.79. The Morgan fingerprint density at radius 3 is 2.71 bits per heavy atom. The monoisotopic (exact) mass is 214 g/mol. The highest BCUT2D eigenvalue weighted by Gasteiger charge is 2.17. The topological polar surface area (TPSA) is 52.9 Å². The highest BCUT2D eigenvalue weighted by molar-refractivity contribution is 7.98. The summed E-state index contributed by atoms with van der Waals surface area (Å²) in [6.45, 7) is 4.41. The van der Waals surface area contributed by atoms with E-state index in [9.17, 15) is 4.79 Å². The molecule has 0 heterocycles. The molecule has 0 rings (SSSR count). The molecule has 0 saturated carbocycles. The van der Waals surface area contributed by atoms with Gasteiger partial charge in [-0.15, -0.1) is 0 Å². The first-order valence-corrected chi connectivity index (χ1v) is 6.08. The molecule has 0 unspecified atom stereocenters. The molecule has 4 heteroatoms. The van der Waals surface area contributed by atoms with Crippen LogP contribution in [0.1, 0.15) is 26.7 Å². The zero-order valence-electron chi connectivity index (χ0n) is 9.09. The second kappa shape index (κ2) is 6.72. The van der Waals surface area contributed by atoms with Gasteiger partial charge in [0.15, 0.2) is 0 Å². The minimum Gasteiger partial charge on any atom is -0.355 e. The Kier molecular flexibility index (Phi) is 6.39. The maximum Gasteiger partial charge on any atom is 0.220 e. The molecule has 0 radical (unpaired) electrons. The van der Waals surface area contributed by atoms with Gasteiger partial charge >= 0.3 is 0 Å². The van der Waals surface area contributed by atoms with Gasteiger partial charge in [-0.05, 0) is 26.5 Å². The molecule has 0 bridgehead atoms. The van der Waals surface area contributed by atoms with Crippen LogP contribution in [-0.2, 0) is 4.79 Å². The van der Waals surface area contributed by atoms with Gasteiger partial charge in [0.25, 0.3) is 0 Å². The minimum absolute atomic E-state index is 0.0439. The van der Waals surface area contributed by atoms with Crippen LogP contribution in [0, 0.1) is 16.7 Å². The Hall–Kier alpha value is -0.690. The normalized spacial score (nSPS) is 10.7. The number of nitrogens with zero attached hydrogens (tertiary/aromatic N) is 1. The maximum absolute atomic E-state index is 11.3. The number of rotatable bonds is 6. The van der Waals surface area contributed by atoms with E-state index in [4.69, 9.17) is 5.26 Å². The van der Waals surface area contributed by atoms with Crippen molar-refractivity contribution in [3.63, 3.8) is 0 Å². The van der Waals surface area contributed by atoms with Crippen molar-refractivity contribution >= 4 is 17.7 Å². The first kappa shape index (κ1) is 13.3. The Labute approximate surface area is 90.3 Å². The van der Waals surface area contributed by atoms with E-state index in [1.165, 1.54) is 0 Å². The highest BCUT2D eigenvalue weighted by Crippen LogP contribution is 2.20. The smallest absolute Gasteiger partial charge is 0.220 e. The molecule has 0 aromatic heterocycles. The van der Waals surface area contributed by atoms with Gasteiger partial charge in [-0.2, -0.15) is 17.0 Å². The summed E-state index contributed by atoms with van der Waals surface area (Å²) < 4.78 is 0. The first-order chi connectivity index (χ1) is 6.52. The number of carbonyl (C=O) groups is 1. The van der Waals surface area contributed by atoms with E-state index in [1.54, 1.807) is 11.8 Å². The average molecular weight is 214 g/mol. The second-order valence-corrected chi connectivity index (χ2v) is 4.82. The van der Waals surface area contributed by atoms with Gasteiger partial charge < -0.3 is 5.32 Å². The van der Waals surface area contributed by atoms with Crippen LogP contribution in [0.4, 0.5) is 0 Å². The predicted octanol–water partition coefficient (Wildman–Crippen LogP) is 1.80. The second-order valence-electron chi connectivity index (χ2n) is 3.84. The molecular formula is C10H18N2OS. The number of hydrogen-bond acceptors (Lipinski definition) is 3. The molecule has 3 nitrogen and oxygen atoms in total. The van der Waals surface area contributed by atoms with Crippen LogP contribution in [0.5, 0.6) is 0 Å². The summed E-state index contributed by atoms with van der Waals surface area (Å²) in [4.78, 5) is 11.3. The van der Waals surface area contributed by atoms with Gasteiger partial charge in [0.05, 0.1) is 11.5 Å². The van der Waals surface area contributed by atoms with Gasteiger partial charge in [0.2, 0.25) is 5.91 Å². The molecule has 0 aliphatic carbocycles. The molecule has 80 valence electrons. The van der Waals surface area contributed by atoms with Crippen molar-refractivity contribution in [3.8, 4) is 6.07 Å². The molecule has 0 aliphatic rings. The van der Waals surface area contributed by atoms with Crippen LogP contribution < -0.4 is 5.32 Å². The third-order valence-corrected chi connectivity index (χ3v) is 2.52. The molecule has 0 aliphatic heterocycles. The van der Waals surface area contributed by atoms with Crippen LogP contribution >= 0.6 is 11.8 Å². The highest BCUT2D eigenvalue weighted by atomic mass is 32.2. The van der Waals surface area contributed by atoms with Crippen molar-refractivity contribution < 1.29 is 4.79 Å². The zero-order valence-corrected chi connectivity index (χ0v) is 9.91. The molecule has 14 heavy (non-hydrogen) atoms. The quantitative estimate of drug-likeness (QED) is 0.686. The fraction of sp³-hybridized carbons (Fsp3) is 0.800. The van der Waals surface area contributed by atoms with Crippen molar-refractivity contribution in [3.05, 3.63) is 0 Å². The Morgan fingerprint density at radius 1 is 1.57 bits per heavy atom. The molecular weight excluding hydrogens is 196 g/mol. The summed E-state index contributed by atoms with van der Waals surface area (Å²) in [5.74, 6) is 0.982. The summed E-state index contributed by atoms with van der Waals surface area (Å²) >= 11 is 1.70. The fourth-order valence-electron chi connectivity index (χ4n) is 0.863. The Bertz CT molecular complexity index is 221. The first-order valence-electron chi connectivity index (χ1n) is 4.69. The molecule has 0 aromatic rings. The van der Waals surface area contributed by atoms with Crippen LogP contribution in [0.15, 0.2) is 0 Å². The molecule has 0 fully saturated rings. The van der Waals surface area contributed by atoms with Crippen LogP contribution in [0.25, 0.3) is 0 Å². The number of carbonyl (C=O) groups excluding carboxylic acids is 1. The lowest BCUT2D eigenvalue weighted by atomic mass is 9.90. The van der Waals surface area contributed by atoms with E-state index in [0.29, 0.717) is 19.4 Å². The number of nitrogens with one attached hydrogen (secondary N) is 1. The number of hydrogen-bond donors (Lipinski definition) is 1. The van der Waals surface area contributed by atoms with Crippen molar-refractivity contribution in [1.29, 1.82) is 5.26 Å². The summed E-state index contributed by atoms with van der Waals surface area (Å²) in [5.41, 5.74) is -0.392. The molecule has 0 saturated heterocycles. The summed E-state index contributed by atoms with van der Waals surface area (Å²) in [6.07, 6.45) is 3.06. The van der Waals surface area contributed by atoms with Crippen molar-refractivity contribution in [2.75, 3.05) is 18.6 Å². The van der Waals surface area contributed by atoms with Crippen molar-refractivity contribution in [2.45, 2.75) is 26.7 Å². The lowest BCUT2D eigenvalue weighted by Crippen LogP contribution is -2.26. The van der Waals surface area contributed by atoms with Gasteiger partial charge in [-0.1, -0.05) is 0 Å². The maximum atomic E-state index is 11.3. The van der Waals surface area contributed by atoms with Gasteiger partial charge in [-0.3, -0.25) is 4.79 Å². The molecule has 0 atom stereocenters. The van der Waals surface area contributed by atoms with E-state index in [-0.39, 0.29) is 5.91 Å². The Balaban J connectivity index is 3.60. The summed E-state index contributed by atoms with van der Waals surface area (Å²) in [6, 6.07) is 2.18. The lowest BCUT2D eigenvalue weighted by molar-refractivity contribution is -0.121. The zero-order chi connectivity index (χ0) is 11.0. The van der Waals surface area contributed by atoms with E-state index < -0.39 is 5.41 Å². The minimum atomic E-state index is -0.392. The standard InChI is InChI=1S/C10H18N2OS/c1-10(2,8-11)5-4-9(13)12-6-7-14-3/h4-7H2,1-3H3,(H,12,13). The number of thioether (sulfide) groups is 1. The molecule has 0 aromatic carbocycles. The number of nitriles is 1.